The van der Waals surface area contributed by atoms with Gasteiger partial charge in [-0.2, -0.15) is 0 Å². The summed E-state index contributed by atoms with van der Waals surface area (Å²) in [5, 5.41) is 14.9. The van der Waals surface area contributed by atoms with Crippen molar-refractivity contribution in [1.29, 1.82) is 0 Å². The van der Waals surface area contributed by atoms with Gasteiger partial charge in [-0.05, 0) is 63.8 Å². The summed E-state index contributed by atoms with van der Waals surface area (Å²) < 4.78 is 0. The number of rotatable bonds is 6. The minimum atomic E-state index is -0.944. The van der Waals surface area contributed by atoms with Crippen LogP contribution >= 0.6 is 0 Å². The zero-order chi connectivity index (χ0) is 20.3. The van der Waals surface area contributed by atoms with Gasteiger partial charge in [-0.3, -0.25) is 14.4 Å². The van der Waals surface area contributed by atoms with Crippen LogP contribution in [0.4, 0.5) is 0 Å². The summed E-state index contributed by atoms with van der Waals surface area (Å²) in [7, 11) is 0. The van der Waals surface area contributed by atoms with E-state index < -0.39 is 12.0 Å². The first kappa shape index (κ1) is 21.0. The summed E-state index contributed by atoms with van der Waals surface area (Å²) in [6.45, 7) is 3.39. The molecule has 28 heavy (non-hydrogen) atoms. The molecule has 0 spiro atoms. The van der Waals surface area contributed by atoms with Crippen molar-refractivity contribution >= 4 is 17.8 Å². The van der Waals surface area contributed by atoms with Crippen molar-refractivity contribution in [2.75, 3.05) is 13.1 Å². The molecule has 2 amide bonds. The molecule has 2 saturated heterocycles. The number of aliphatic carboxylic acids is 1. The molecule has 3 aliphatic rings. The van der Waals surface area contributed by atoms with E-state index in [2.05, 4.69) is 10.6 Å². The molecule has 8 heteroatoms. The second-order valence-electron chi connectivity index (χ2n) is 8.80. The van der Waals surface area contributed by atoms with Crippen molar-refractivity contribution in [1.82, 2.24) is 15.5 Å². The van der Waals surface area contributed by atoms with Gasteiger partial charge in [0.15, 0.2) is 0 Å². The minimum absolute atomic E-state index is 0.0704. The number of carboxylic acids is 1. The molecular weight excluding hydrogens is 360 g/mol. The summed E-state index contributed by atoms with van der Waals surface area (Å²) in [5.74, 6) is -0.304. The van der Waals surface area contributed by atoms with Crippen LogP contribution in [0.15, 0.2) is 0 Å². The van der Waals surface area contributed by atoms with Crippen LogP contribution in [-0.4, -0.2) is 59.1 Å². The number of fused-ring (bicyclic) bond motifs is 1. The molecule has 0 aromatic heterocycles. The molecule has 158 valence electrons. The highest BCUT2D eigenvalue weighted by atomic mass is 16.4. The highest BCUT2D eigenvalue weighted by Gasteiger charge is 2.41. The molecule has 0 aromatic rings. The van der Waals surface area contributed by atoms with Gasteiger partial charge in [-0.25, -0.2) is 0 Å². The predicted molar refractivity (Wildman–Crippen MR) is 104 cm³/mol. The Morgan fingerprint density at radius 3 is 2.86 bits per heavy atom. The first-order chi connectivity index (χ1) is 13.3. The molecule has 0 bridgehead atoms. The van der Waals surface area contributed by atoms with Crippen LogP contribution in [0, 0.1) is 17.8 Å². The van der Waals surface area contributed by atoms with E-state index in [1.807, 2.05) is 4.90 Å². The Morgan fingerprint density at radius 2 is 2.11 bits per heavy atom. The highest BCUT2D eigenvalue weighted by molar-refractivity contribution is 5.86. The lowest BCUT2D eigenvalue weighted by Crippen LogP contribution is -2.56. The lowest BCUT2D eigenvalue weighted by molar-refractivity contribution is -0.145. The van der Waals surface area contributed by atoms with E-state index >= 15 is 0 Å². The highest BCUT2D eigenvalue weighted by Crippen LogP contribution is 2.39. The van der Waals surface area contributed by atoms with Gasteiger partial charge in [0.05, 0.1) is 12.6 Å². The number of likely N-dealkylation sites (tertiary alicyclic amines) is 1. The first-order valence-electron chi connectivity index (χ1n) is 10.7. The van der Waals surface area contributed by atoms with Gasteiger partial charge in [0.2, 0.25) is 11.8 Å². The number of piperidine rings is 2. The maximum absolute atomic E-state index is 13.1. The molecule has 1 saturated carbocycles. The zero-order valence-corrected chi connectivity index (χ0v) is 16.7. The van der Waals surface area contributed by atoms with Crippen LogP contribution < -0.4 is 16.4 Å². The number of carboxylic acid groups (broad SMARTS) is 1. The number of carbonyl (C=O) groups excluding carboxylic acids is 2. The van der Waals surface area contributed by atoms with E-state index in [0.717, 1.165) is 51.6 Å². The predicted octanol–water partition coefficient (Wildman–Crippen LogP) is 0.658. The Kier molecular flexibility index (Phi) is 6.93. The molecule has 2 unspecified atom stereocenters. The monoisotopic (exact) mass is 394 g/mol. The van der Waals surface area contributed by atoms with Crippen LogP contribution in [-0.2, 0) is 14.4 Å². The smallest absolute Gasteiger partial charge is 0.305 e. The fourth-order valence-corrected chi connectivity index (χ4v) is 5.34. The quantitative estimate of drug-likeness (QED) is 0.524. The van der Waals surface area contributed by atoms with Crippen LogP contribution in [0.1, 0.15) is 58.3 Å². The fourth-order valence-electron chi connectivity index (χ4n) is 5.34. The molecule has 2 aliphatic heterocycles. The molecule has 3 fully saturated rings. The number of carbonyl (C=O) groups is 3. The molecule has 0 aromatic carbocycles. The molecule has 6 atom stereocenters. The Hall–Kier alpha value is -1.67. The Balaban J connectivity index is 1.54. The maximum Gasteiger partial charge on any atom is 0.305 e. The standard InChI is InChI=1S/C20H34N4O4/c1-12(9-18(26)27)23-17(25)11-14-3-2-8-24(20(14)28)15-4-5-16-13(10-15)6-7-22-19(16)21/h12-16,19,22H,2-11,21H2,1H3,(H,23,25)(H,26,27)/t12-,13?,14-,15?,16+,19-/m1/s1. The number of nitrogens with two attached hydrogens (primary N) is 1. The number of nitrogens with zero attached hydrogens (tertiary/aromatic N) is 1. The van der Waals surface area contributed by atoms with Crippen LogP contribution in [0.2, 0.25) is 0 Å². The molecular formula is C20H34N4O4. The minimum Gasteiger partial charge on any atom is -0.481 e. The van der Waals surface area contributed by atoms with Crippen LogP contribution in [0.5, 0.6) is 0 Å². The van der Waals surface area contributed by atoms with Crippen molar-refractivity contribution < 1.29 is 19.5 Å². The van der Waals surface area contributed by atoms with E-state index in [1.54, 1.807) is 6.92 Å². The Morgan fingerprint density at radius 1 is 1.32 bits per heavy atom. The molecule has 1 aliphatic carbocycles. The Labute approximate surface area is 166 Å². The SMILES string of the molecule is C[C@H](CC(=O)O)NC(=O)C[C@H]1CCCN(C2CC[C@H]3C(CCN[C@H]3N)C2)C1=O. The number of hydrogen-bond donors (Lipinski definition) is 4. The normalized spacial score (nSPS) is 34.4. The average molecular weight is 395 g/mol. The largest absolute Gasteiger partial charge is 0.481 e. The molecule has 3 rings (SSSR count). The van der Waals surface area contributed by atoms with E-state index in [-0.39, 0.29) is 42.8 Å². The van der Waals surface area contributed by atoms with Crippen molar-refractivity contribution in [2.45, 2.75) is 76.5 Å². The molecule has 2 heterocycles. The third-order valence-corrected chi connectivity index (χ3v) is 6.71. The van der Waals surface area contributed by atoms with Gasteiger partial charge >= 0.3 is 5.97 Å². The molecule has 5 N–H and O–H groups in total. The van der Waals surface area contributed by atoms with E-state index in [1.165, 1.54) is 0 Å². The van der Waals surface area contributed by atoms with Crippen molar-refractivity contribution in [2.24, 2.45) is 23.5 Å². The second kappa shape index (κ2) is 9.22. The summed E-state index contributed by atoms with van der Waals surface area (Å²) in [4.78, 5) is 38.1. The van der Waals surface area contributed by atoms with Gasteiger partial charge < -0.3 is 26.4 Å². The van der Waals surface area contributed by atoms with Crippen molar-refractivity contribution in [3.8, 4) is 0 Å². The summed E-state index contributed by atoms with van der Waals surface area (Å²) in [5.41, 5.74) is 6.21. The van der Waals surface area contributed by atoms with E-state index in [0.29, 0.717) is 11.8 Å². The van der Waals surface area contributed by atoms with Gasteiger partial charge in [0, 0.05) is 31.0 Å². The topological polar surface area (TPSA) is 125 Å². The molecule has 8 nitrogen and oxygen atoms in total. The first-order valence-corrected chi connectivity index (χ1v) is 10.7. The zero-order valence-electron chi connectivity index (χ0n) is 16.7. The van der Waals surface area contributed by atoms with Gasteiger partial charge in [0.1, 0.15) is 0 Å². The third kappa shape index (κ3) is 5.03. The number of nitrogens with one attached hydrogen (secondary N) is 2. The number of amides is 2. The van der Waals surface area contributed by atoms with Crippen LogP contribution in [0.3, 0.4) is 0 Å². The molecule has 0 radical (unpaired) electrons. The van der Waals surface area contributed by atoms with Crippen molar-refractivity contribution in [3.63, 3.8) is 0 Å². The van der Waals surface area contributed by atoms with E-state index in [9.17, 15) is 14.4 Å². The summed E-state index contributed by atoms with van der Waals surface area (Å²) in [6.07, 6.45) is 5.90. The third-order valence-electron chi connectivity index (χ3n) is 6.71. The Bertz CT molecular complexity index is 599. The van der Waals surface area contributed by atoms with Gasteiger partial charge in [-0.15, -0.1) is 0 Å². The summed E-state index contributed by atoms with van der Waals surface area (Å²) in [6, 6.07) is -0.171. The maximum atomic E-state index is 13.1. The van der Waals surface area contributed by atoms with Crippen molar-refractivity contribution in [3.05, 3.63) is 0 Å². The average Bonchev–Trinajstić information content (AvgIpc) is 2.62. The van der Waals surface area contributed by atoms with E-state index in [4.69, 9.17) is 10.8 Å². The second-order valence-corrected chi connectivity index (χ2v) is 8.80. The van der Waals surface area contributed by atoms with Crippen LogP contribution in [0.25, 0.3) is 0 Å². The van der Waals surface area contributed by atoms with Gasteiger partial charge in [-0.1, -0.05) is 0 Å². The fraction of sp³-hybridized carbons (Fsp3) is 0.850. The van der Waals surface area contributed by atoms with Gasteiger partial charge in [0.25, 0.3) is 0 Å². The summed E-state index contributed by atoms with van der Waals surface area (Å²) >= 11 is 0. The lowest BCUT2D eigenvalue weighted by Gasteiger charge is -2.47. The lowest BCUT2D eigenvalue weighted by atomic mass is 9.71. The number of hydrogen-bond acceptors (Lipinski definition) is 5.